The summed E-state index contributed by atoms with van der Waals surface area (Å²) in [4.78, 5) is 14.3. The number of nitrogens with two attached hydrogens (primary N) is 1. The molecule has 0 saturated carbocycles. The van der Waals surface area contributed by atoms with Gasteiger partial charge < -0.3 is 5.73 Å². The zero-order valence-corrected chi connectivity index (χ0v) is 8.61. The smallest absolute Gasteiger partial charge is 0.278 e. The van der Waals surface area contributed by atoms with Gasteiger partial charge in [0.25, 0.3) is 5.69 Å². The van der Waals surface area contributed by atoms with E-state index in [1.54, 1.807) is 18.2 Å². The Hall–Kier alpha value is -1.82. The molecule has 15 heavy (non-hydrogen) atoms. The van der Waals surface area contributed by atoms with Gasteiger partial charge in [-0.25, -0.2) is 0 Å². The van der Waals surface area contributed by atoms with E-state index in [1.165, 1.54) is 12.3 Å². The summed E-state index contributed by atoms with van der Waals surface area (Å²) >= 11 is 4.63. The minimum atomic E-state index is -0.456. The summed E-state index contributed by atoms with van der Waals surface area (Å²) < 4.78 is 0. The topological polar surface area (TPSA) is 81.5 Å². The fraction of sp³-hybridized carbons (Fsp3) is 0.111. The lowest BCUT2D eigenvalue weighted by Gasteiger charge is -1.95. The van der Waals surface area contributed by atoms with Crippen molar-refractivity contribution in [3.8, 4) is 0 Å². The van der Waals surface area contributed by atoms with Gasteiger partial charge in [-0.15, -0.1) is 0 Å². The SMILES string of the molecule is NC(=S)CN=Cc1ccccc1[N+](=O)[O-]. The van der Waals surface area contributed by atoms with Crippen LogP contribution >= 0.6 is 12.2 Å². The van der Waals surface area contributed by atoms with Crippen LogP contribution in [0.15, 0.2) is 29.3 Å². The number of hydrogen-bond acceptors (Lipinski definition) is 4. The molecular formula is C9H9N3O2S. The second kappa shape index (κ2) is 5.16. The van der Waals surface area contributed by atoms with E-state index in [1.807, 2.05) is 0 Å². The summed E-state index contributed by atoms with van der Waals surface area (Å²) in [6, 6.07) is 6.33. The standard InChI is InChI=1S/C9H9N3O2S/c10-9(15)6-11-5-7-3-1-2-4-8(7)12(13)14/h1-5H,6H2,(H2,10,15). The quantitative estimate of drug-likeness (QED) is 0.361. The number of rotatable bonds is 4. The van der Waals surface area contributed by atoms with Crippen LogP contribution in [0.3, 0.4) is 0 Å². The molecule has 0 aromatic heterocycles. The van der Waals surface area contributed by atoms with Gasteiger partial charge >= 0.3 is 0 Å². The average Bonchev–Trinajstić information content (AvgIpc) is 2.17. The molecule has 0 aliphatic heterocycles. The summed E-state index contributed by atoms with van der Waals surface area (Å²) in [5, 5.41) is 10.6. The van der Waals surface area contributed by atoms with Crippen molar-refractivity contribution in [1.29, 1.82) is 0 Å². The Morgan fingerprint density at radius 1 is 1.60 bits per heavy atom. The molecule has 0 atom stereocenters. The van der Waals surface area contributed by atoms with E-state index in [4.69, 9.17) is 5.73 Å². The van der Waals surface area contributed by atoms with Crippen molar-refractivity contribution in [2.45, 2.75) is 0 Å². The van der Waals surface area contributed by atoms with Crippen molar-refractivity contribution in [3.05, 3.63) is 39.9 Å². The van der Waals surface area contributed by atoms with Gasteiger partial charge in [0.1, 0.15) is 0 Å². The number of aliphatic imine (C=N–C) groups is 1. The zero-order chi connectivity index (χ0) is 11.3. The van der Waals surface area contributed by atoms with Crippen molar-refractivity contribution < 1.29 is 4.92 Å². The number of nitro benzene ring substituents is 1. The third-order valence-electron chi connectivity index (χ3n) is 1.61. The van der Waals surface area contributed by atoms with Crippen LogP contribution in [-0.4, -0.2) is 22.7 Å². The summed E-state index contributed by atoms with van der Waals surface area (Å²) in [5.74, 6) is 0. The first-order valence-electron chi connectivity index (χ1n) is 4.13. The van der Waals surface area contributed by atoms with Crippen LogP contribution in [0, 0.1) is 10.1 Å². The van der Waals surface area contributed by atoms with Gasteiger partial charge in [0.2, 0.25) is 0 Å². The highest BCUT2D eigenvalue weighted by molar-refractivity contribution is 7.80. The number of hydrogen-bond donors (Lipinski definition) is 1. The summed E-state index contributed by atoms with van der Waals surface area (Å²) in [5.41, 5.74) is 5.70. The van der Waals surface area contributed by atoms with E-state index in [2.05, 4.69) is 17.2 Å². The molecule has 0 amide bonds. The summed E-state index contributed by atoms with van der Waals surface area (Å²) in [7, 11) is 0. The lowest BCUT2D eigenvalue weighted by molar-refractivity contribution is -0.385. The highest BCUT2D eigenvalue weighted by atomic mass is 32.1. The van der Waals surface area contributed by atoms with Crippen LogP contribution < -0.4 is 5.73 Å². The van der Waals surface area contributed by atoms with Gasteiger partial charge in [0.05, 0.1) is 22.0 Å². The minimum absolute atomic E-state index is 0.0178. The second-order valence-electron chi connectivity index (χ2n) is 2.75. The Morgan fingerprint density at radius 2 is 2.27 bits per heavy atom. The van der Waals surface area contributed by atoms with Crippen LogP contribution in [0.25, 0.3) is 0 Å². The molecule has 0 fully saturated rings. The second-order valence-corrected chi connectivity index (χ2v) is 3.28. The Bertz CT molecular complexity index is 418. The lowest BCUT2D eigenvalue weighted by atomic mass is 10.2. The number of para-hydroxylation sites is 1. The molecule has 0 unspecified atom stereocenters. The fourth-order valence-corrected chi connectivity index (χ4v) is 1.07. The monoisotopic (exact) mass is 223 g/mol. The van der Waals surface area contributed by atoms with Crippen LogP contribution in [0.4, 0.5) is 5.69 Å². The molecule has 2 N–H and O–H groups in total. The molecule has 1 aromatic rings. The molecule has 0 heterocycles. The first kappa shape index (κ1) is 11.3. The molecule has 0 aliphatic carbocycles. The molecule has 6 heteroatoms. The fourth-order valence-electron chi connectivity index (χ4n) is 0.997. The van der Waals surface area contributed by atoms with E-state index in [9.17, 15) is 10.1 Å². The number of thiocarbonyl (C=S) groups is 1. The molecule has 78 valence electrons. The average molecular weight is 223 g/mol. The van der Waals surface area contributed by atoms with Gasteiger partial charge in [-0.05, 0) is 6.07 Å². The highest BCUT2D eigenvalue weighted by Gasteiger charge is 2.09. The van der Waals surface area contributed by atoms with Crippen LogP contribution in [0.2, 0.25) is 0 Å². The van der Waals surface area contributed by atoms with Gasteiger partial charge in [-0.3, -0.25) is 15.1 Å². The molecule has 0 bridgehead atoms. The molecular weight excluding hydrogens is 214 g/mol. The number of nitrogens with zero attached hydrogens (tertiary/aromatic N) is 2. The van der Waals surface area contributed by atoms with E-state index in [0.717, 1.165) is 0 Å². The van der Waals surface area contributed by atoms with Gasteiger partial charge in [-0.2, -0.15) is 0 Å². The maximum absolute atomic E-state index is 10.6. The Morgan fingerprint density at radius 3 is 2.87 bits per heavy atom. The molecule has 0 spiro atoms. The number of benzene rings is 1. The van der Waals surface area contributed by atoms with Gasteiger partial charge in [0, 0.05) is 12.3 Å². The first-order chi connectivity index (χ1) is 7.11. The van der Waals surface area contributed by atoms with Crippen molar-refractivity contribution in [1.82, 2.24) is 0 Å². The predicted molar refractivity (Wildman–Crippen MR) is 62.3 cm³/mol. The lowest BCUT2D eigenvalue weighted by Crippen LogP contribution is -2.11. The molecule has 0 radical (unpaired) electrons. The Labute approximate surface area is 91.8 Å². The first-order valence-corrected chi connectivity index (χ1v) is 4.53. The Kier molecular flexibility index (Phi) is 3.87. The third kappa shape index (κ3) is 3.43. The van der Waals surface area contributed by atoms with Gasteiger partial charge in [-0.1, -0.05) is 24.4 Å². The molecule has 1 aromatic carbocycles. The van der Waals surface area contributed by atoms with Crippen molar-refractivity contribution in [2.75, 3.05) is 6.54 Å². The molecule has 5 nitrogen and oxygen atoms in total. The maximum atomic E-state index is 10.6. The molecule has 1 rings (SSSR count). The summed E-state index contributed by atoms with van der Waals surface area (Å²) in [6.45, 7) is 0.196. The van der Waals surface area contributed by atoms with Crippen molar-refractivity contribution in [3.63, 3.8) is 0 Å². The van der Waals surface area contributed by atoms with Crippen LogP contribution in [0.1, 0.15) is 5.56 Å². The van der Waals surface area contributed by atoms with Gasteiger partial charge in [0.15, 0.2) is 0 Å². The number of nitro groups is 1. The third-order valence-corrected chi connectivity index (χ3v) is 1.74. The zero-order valence-electron chi connectivity index (χ0n) is 7.79. The maximum Gasteiger partial charge on any atom is 0.278 e. The largest absolute Gasteiger partial charge is 0.392 e. The van der Waals surface area contributed by atoms with Crippen LogP contribution in [-0.2, 0) is 0 Å². The highest BCUT2D eigenvalue weighted by Crippen LogP contribution is 2.14. The predicted octanol–water partition coefficient (Wildman–Crippen LogP) is 1.30. The summed E-state index contributed by atoms with van der Waals surface area (Å²) in [6.07, 6.45) is 1.40. The van der Waals surface area contributed by atoms with E-state index in [0.29, 0.717) is 5.56 Å². The van der Waals surface area contributed by atoms with Crippen molar-refractivity contribution in [2.24, 2.45) is 10.7 Å². The molecule has 0 saturated heterocycles. The normalized spacial score (nSPS) is 10.4. The van der Waals surface area contributed by atoms with Crippen LogP contribution in [0.5, 0.6) is 0 Å². The van der Waals surface area contributed by atoms with E-state index in [-0.39, 0.29) is 17.2 Å². The van der Waals surface area contributed by atoms with E-state index < -0.39 is 4.92 Å². The molecule has 0 aliphatic rings. The Balaban J connectivity index is 2.89. The minimum Gasteiger partial charge on any atom is -0.392 e. The van der Waals surface area contributed by atoms with E-state index >= 15 is 0 Å². The van der Waals surface area contributed by atoms with Crippen molar-refractivity contribution >= 4 is 29.1 Å².